The molecule has 0 aliphatic carbocycles. The molecule has 1 amide bonds. The lowest BCUT2D eigenvalue weighted by Gasteiger charge is -2.28. The fraction of sp³-hybridized carbons (Fsp3) is 0.400. The van der Waals surface area contributed by atoms with Crippen LogP contribution in [-0.2, 0) is 14.8 Å². The van der Waals surface area contributed by atoms with E-state index in [1.54, 1.807) is 12.1 Å². The molecule has 0 fully saturated rings. The Morgan fingerprint density at radius 2 is 1.59 bits per heavy atom. The Morgan fingerprint density at radius 3 is 2.24 bits per heavy atom. The highest BCUT2D eigenvalue weighted by molar-refractivity contribution is 7.89. The molecule has 2 aromatic carbocycles. The third kappa shape index (κ3) is 4.31. The van der Waals surface area contributed by atoms with Crippen molar-refractivity contribution < 1.29 is 22.7 Å². The fourth-order valence-electron chi connectivity index (χ4n) is 4.80. The lowest BCUT2D eigenvalue weighted by atomic mass is 9.97. The first kappa shape index (κ1) is 22.9. The minimum Gasteiger partial charge on any atom is -0.486 e. The molecule has 9 heteroatoms. The van der Waals surface area contributed by atoms with Crippen LogP contribution >= 0.6 is 0 Å². The highest BCUT2D eigenvalue weighted by atomic mass is 32.2. The third-order valence-electron chi connectivity index (χ3n) is 6.51. The molecular formula is C25H29N3O5S. The molecule has 0 radical (unpaired) electrons. The Morgan fingerprint density at radius 1 is 0.941 bits per heavy atom. The van der Waals surface area contributed by atoms with Crippen LogP contribution in [0.15, 0.2) is 64.6 Å². The molecule has 34 heavy (non-hydrogen) atoms. The molecule has 0 saturated carbocycles. The van der Waals surface area contributed by atoms with Gasteiger partial charge in [-0.1, -0.05) is 30.3 Å². The number of likely N-dealkylation sites (N-methyl/N-ethyl adjacent to an activating group) is 1. The van der Waals surface area contributed by atoms with Crippen LogP contribution in [0.4, 0.5) is 0 Å². The molecule has 8 nitrogen and oxygen atoms in total. The monoisotopic (exact) mass is 483 g/mol. The van der Waals surface area contributed by atoms with E-state index in [2.05, 4.69) is 0 Å². The van der Waals surface area contributed by atoms with Crippen molar-refractivity contribution >= 4 is 15.9 Å². The van der Waals surface area contributed by atoms with E-state index in [9.17, 15) is 13.2 Å². The van der Waals surface area contributed by atoms with Crippen molar-refractivity contribution in [2.45, 2.75) is 10.8 Å². The Kier molecular flexibility index (Phi) is 6.09. The van der Waals surface area contributed by atoms with Gasteiger partial charge in [0.2, 0.25) is 15.9 Å². The lowest BCUT2D eigenvalue weighted by molar-refractivity contribution is -0.132. The van der Waals surface area contributed by atoms with Crippen molar-refractivity contribution in [2.75, 3.05) is 60.0 Å². The Hall–Kier alpha value is -2.88. The van der Waals surface area contributed by atoms with E-state index in [1.807, 2.05) is 54.2 Å². The van der Waals surface area contributed by atoms with Gasteiger partial charge in [0.15, 0.2) is 11.5 Å². The van der Waals surface area contributed by atoms with Crippen LogP contribution < -0.4 is 9.47 Å². The first-order valence-electron chi connectivity index (χ1n) is 11.4. The molecular weight excluding hydrogens is 454 g/mol. The second-order valence-corrected chi connectivity index (χ2v) is 11.1. The number of carbonyl (C=O) groups is 1. The molecule has 0 N–H and O–H groups in total. The average molecular weight is 484 g/mol. The van der Waals surface area contributed by atoms with Crippen LogP contribution in [0.5, 0.6) is 11.5 Å². The molecule has 1 unspecified atom stereocenters. The molecule has 0 spiro atoms. The zero-order valence-corrected chi connectivity index (χ0v) is 20.3. The van der Waals surface area contributed by atoms with E-state index >= 15 is 0 Å². The van der Waals surface area contributed by atoms with E-state index in [-0.39, 0.29) is 16.7 Å². The van der Waals surface area contributed by atoms with Crippen molar-refractivity contribution in [3.8, 4) is 11.5 Å². The van der Waals surface area contributed by atoms with Crippen LogP contribution in [-0.4, -0.2) is 88.5 Å². The predicted octanol–water partition coefficient (Wildman–Crippen LogP) is 1.95. The molecule has 3 aliphatic heterocycles. The van der Waals surface area contributed by atoms with Gasteiger partial charge >= 0.3 is 0 Å². The zero-order valence-electron chi connectivity index (χ0n) is 19.4. The molecule has 2 aromatic rings. The summed E-state index contributed by atoms with van der Waals surface area (Å²) in [6.45, 7) is 3.03. The molecule has 5 rings (SSSR count). The second kappa shape index (κ2) is 9.05. The van der Waals surface area contributed by atoms with Gasteiger partial charge in [-0.3, -0.25) is 4.79 Å². The Bertz CT molecular complexity index is 1210. The molecule has 0 aromatic heterocycles. The number of fused-ring (bicyclic) bond motifs is 1. The largest absolute Gasteiger partial charge is 0.486 e. The fourth-order valence-corrected chi connectivity index (χ4v) is 6.25. The van der Waals surface area contributed by atoms with Crippen LogP contribution in [0, 0.1) is 0 Å². The summed E-state index contributed by atoms with van der Waals surface area (Å²) in [5.41, 5.74) is 3.04. The maximum absolute atomic E-state index is 13.5. The zero-order chi connectivity index (χ0) is 23.9. The number of carbonyl (C=O) groups excluding carboxylic acids is 1. The van der Waals surface area contributed by atoms with Gasteiger partial charge in [-0.2, -0.15) is 4.31 Å². The summed E-state index contributed by atoms with van der Waals surface area (Å²) in [5, 5.41) is 0. The summed E-state index contributed by atoms with van der Waals surface area (Å²) in [6.07, 6.45) is 0. The summed E-state index contributed by atoms with van der Waals surface area (Å²) in [7, 11) is 0.248. The van der Waals surface area contributed by atoms with Crippen LogP contribution in [0.3, 0.4) is 0 Å². The molecule has 180 valence electrons. The average Bonchev–Trinajstić information content (AvgIpc) is 3.42. The summed E-state index contributed by atoms with van der Waals surface area (Å²) in [5.74, 6) is 0.841. The topological polar surface area (TPSA) is 79.4 Å². The first-order chi connectivity index (χ1) is 16.3. The van der Waals surface area contributed by atoms with Crippen molar-refractivity contribution in [1.82, 2.24) is 14.1 Å². The summed E-state index contributed by atoms with van der Waals surface area (Å²) in [6, 6.07) is 14.6. The number of benzene rings is 2. The number of amides is 1. The Balaban J connectivity index is 1.28. The predicted molar refractivity (Wildman–Crippen MR) is 128 cm³/mol. The molecule has 1 atom stereocenters. The van der Waals surface area contributed by atoms with Gasteiger partial charge in [0.1, 0.15) is 13.2 Å². The normalized spacial score (nSPS) is 19.0. The van der Waals surface area contributed by atoms with Gasteiger partial charge < -0.3 is 19.3 Å². The van der Waals surface area contributed by atoms with E-state index in [0.717, 1.165) is 16.7 Å². The van der Waals surface area contributed by atoms with Crippen molar-refractivity contribution in [1.29, 1.82) is 0 Å². The van der Waals surface area contributed by atoms with Crippen molar-refractivity contribution in [2.24, 2.45) is 0 Å². The highest BCUT2D eigenvalue weighted by Gasteiger charge is 2.39. The maximum atomic E-state index is 13.5. The highest BCUT2D eigenvalue weighted by Crippen LogP contribution is 2.36. The van der Waals surface area contributed by atoms with E-state index in [0.29, 0.717) is 57.4 Å². The number of ether oxygens (including phenoxy) is 2. The Labute approximate surface area is 200 Å². The number of nitrogens with zero attached hydrogens (tertiary/aromatic N) is 3. The van der Waals surface area contributed by atoms with Gasteiger partial charge in [0.25, 0.3) is 0 Å². The van der Waals surface area contributed by atoms with Gasteiger partial charge in [0, 0.05) is 38.8 Å². The molecule has 0 saturated heterocycles. The number of hydrogen-bond acceptors (Lipinski definition) is 6. The standard InChI is InChI=1S/C25H29N3O5S/c1-26(2)17-22(18-6-4-3-5-7-18)25(29)27-13-19-15-28(16-20(19)14-27)34(30,31)21-8-9-23-24(12-21)33-11-10-32-23/h3-9,12,22H,10-11,13-17H2,1-2H3. The van der Waals surface area contributed by atoms with Gasteiger partial charge in [-0.25, -0.2) is 8.42 Å². The first-order valence-corrected chi connectivity index (χ1v) is 12.8. The summed E-state index contributed by atoms with van der Waals surface area (Å²) in [4.78, 5) is 17.5. The minimum atomic E-state index is -3.68. The SMILES string of the molecule is CN(C)CC(C(=O)N1CC2=C(C1)CN(S(=O)(=O)c1ccc3c(c1)OCCO3)C2)c1ccccc1. The van der Waals surface area contributed by atoms with Crippen molar-refractivity contribution in [3.05, 3.63) is 65.2 Å². The number of hydrogen-bond donors (Lipinski definition) is 0. The van der Waals surface area contributed by atoms with Crippen LogP contribution in [0.2, 0.25) is 0 Å². The van der Waals surface area contributed by atoms with E-state index < -0.39 is 10.0 Å². The van der Waals surface area contributed by atoms with Gasteiger partial charge in [0.05, 0.1) is 10.8 Å². The van der Waals surface area contributed by atoms with Gasteiger partial charge in [-0.05, 0) is 42.9 Å². The number of sulfonamides is 1. The number of rotatable bonds is 6. The van der Waals surface area contributed by atoms with Gasteiger partial charge in [-0.15, -0.1) is 0 Å². The van der Waals surface area contributed by atoms with Crippen LogP contribution in [0.1, 0.15) is 11.5 Å². The molecule has 3 aliphatic rings. The van der Waals surface area contributed by atoms with Crippen LogP contribution in [0.25, 0.3) is 0 Å². The second-order valence-electron chi connectivity index (χ2n) is 9.21. The quantitative estimate of drug-likeness (QED) is 0.585. The molecule has 0 bridgehead atoms. The maximum Gasteiger partial charge on any atom is 0.243 e. The smallest absolute Gasteiger partial charge is 0.243 e. The molecule has 3 heterocycles. The lowest BCUT2D eigenvalue weighted by Crippen LogP contribution is -2.40. The van der Waals surface area contributed by atoms with Crippen molar-refractivity contribution in [3.63, 3.8) is 0 Å². The van der Waals surface area contributed by atoms with E-state index in [4.69, 9.17) is 9.47 Å². The summed E-state index contributed by atoms with van der Waals surface area (Å²) >= 11 is 0. The van der Waals surface area contributed by atoms with E-state index in [1.165, 1.54) is 10.4 Å². The summed E-state index contributed by atoms with van der Waals surface area (Å²) < 4.78 is 39.1. The third-order valence-corrected chi connectivity index (χ3v) is 8.30. The minimum absolute atomic E-state index is 0.0792.